The average Bonchev–Trinajstić information content (AvgIpc) is 2.64. The van der Waals surface area contributed by atoms with E-state index in [-0.39, 0.29) is 36.0 Å². The maximum absolute atomic E-state index is 13.0. The van der Waals surface area contributed by atoms with Crippen LogP contribution in [0.4, 0.5) is 18.9 Å². The SMILES string of the molecule is CCCC[C@@H](CC)CNC(=O)CCCN(c1cc(C(F)(F)F)ccc1Cl)S(C)(=O)=O. The number of hydrogen-bond donors (Lipinski definition) is 1. The van der Waals surface area contributed by atoms with Crippen molar-refractivity contribution in [2.24, 2.45) is 5.92 Å². The number of carbonyl (C=O) groups excluding carboxylic acids is 1. The number of unbranched alkanes of at least 4 members (excludes halogenated alkanes) is 1. The third kappa shape index (κ3) is 8.71. The molecule has 0 aromatic heterocycles. The van der Waals surface area contributed by atoms with Gasteiger partial charge in [-0.2, -0.15) is 13.2 Å². The monoisotopic (exact) mass is 470 g/mol. The van der Waals surface area contributed by atoms with Gasteiger partial charge in [0.2, 0.25) is 15.9 Å². The lowest BCUT2D eigenvalue weighted by atomic mass is 9.99. The van der Waals surface area contributed by atoms with E-state index in [2.05, 4.69) is 19.2 Å². The number of nitrogens with zero attached hydrogens (tertiary/aromatic N) is 1. The summed E-state index contributed by atoms with van der Waals surface area (Å²) < 4.78 is 64.2. The van der Waals surface area contributed by atoms with Crippen molar-refractivity contribution in [1.29, 1.82) is 0 Å². The van der Waals surface area contributed by atoms with Gasteiger partial charge in [0.15, 0.2) is 0 Å². The Morgan fingerprint density at radius 2 is 1.90 bits per heavy atom. The Kier molecular flexibility index (Phi) is 10.4. The second-order valence-electron chi connectivity index (χ2n) is 7.32. The average molecular weight is 471 g/mol. The number of nitrogens with one attached hydrogen (secondary N) is 1. The molecule has 1 N–H and O–H groups in total. The molecule has 10 heteroatoms. The summed E-state index contributed by atoms with van der Waals surface area (Å²) >= 11 is 5.98. The van der Waals surface area contributed by atoms with Gasteiger partial charge in [-0.25, -0.2) is 8.42 Å². The minimum atomic E-state index is -4.63. The summed E-state index contributed by atoms with van der Waals surface area (Å²) in [5.74, 6) is 0.180. The van der Waals surface area contributed by atoms with Crippen molar-refractivity contribution in [1.82, 2.24) is 5.32 Å². The van der Waals surface area contributed by atoms with E-state index in [0.717, 1.165) is 48.4 Å². The van der Waals surface area contributed by atoms with Gasteiger partial charge in [0, 0.05) is 19.5 Å². The van der Waals surface area contributed by atoms with Gasteiger partial charge in [0.25, 0.3) is 0 Å². The molecule has 0 unspecified atom stereocenters. The predicted molar refractivity (Wildman–Crippen MR) is 114 cm³/mol. The summed E-state index contributed by atoms with van der Waals surface area (Å²) in [6.07, 6.45) is 0.641. The van der Waals surface area contributed by atoms with E-state index in [4.69, 9.17) is 11.6 Å². The van der Waals surface area contributed by atoms with E-state index in [1.165, 1.54) is 0 Å². The molecule has 0 saturated heterocycles. The van der Waals surface area contributed by atoms with Crippen molar-refractivity contribution in [3.63, 3.8) is 0 Å². The molecule has 30 heavy (non-hydrogen) atoms. The van der Waals surface area contributed by atoms with Gasteiger partial charge in [0.1, 0.15) is 0 Å². The quantitative estimate of drug-likeness (QED) is 0.454. The summed E-state index contributed by atoms with van der Waals surface area (Å²) in [4.78, 5) is 12.1. The Bertz CT molecular complexity index is 801. The molecule has 0 fully saturated rings. The number of sulfonamides is 1. The molecule has 0 aliphatic rings. The molecular formula is C20H30ClF3N2O3S. The molecule has 0 aliphatic carbocycles. The van der Waals surface area contributed by atoms with Crippen LogP contribution in [0.2, 0.25) is 5.02 Å². The molecule has 0 bridgehead atoms. The number of alkyl halides is 3. The Hall–Kier alpha value is -1.48. The molecule has 1 aromatic carbocycles. The molecule has 1 atom stereocenters. The standard InChI is InChI=1S/C20H30ClF3N2O3S/c1-4-6-8-15(5-2)14-25-19(27)9-7-12-26(30(3,28)29)18-13-16(20(22,23)24)10-11-17(18)21/h10-11,13,15H,4-9,12,14H2,1-3H3,(H,25,27)/t15-/m1/s1. The lowest BCUT2D eigenvalue weighted by Gasteiger charge is -2.24. The summed E-state index contributed by atoms with van der Waals surface area (Å²) in [5, 5.41) is 2.74. The van der Waals surface area contributed by atoms with Crippen LogP contribution in [0.15, 0.2) is 18.2 Å². The number of hydrogen-bond acceptors (Lipinski definition) is 3. The second-order valence-corrected chi connectivity index (χ2v) is 9.64. The fraction of sp³-hybridized carbons (Fsp3) is 0.650. The van der Waals surface area contributed by atoms with Gasteiger partial charge >= 0.3 is 6.18 Å². The maximum Gasteiger partial charge on any atom is 0.416 e. The van der Waals surface area contributed by atoms with Crippen molar-refractivity contribution in [3.8, 4) is 0 Å². The number of anilines is 1. The van der Waals surface area contributed by atoms with Crippen molar-refractivity contribution in [3.05, 3.63) is 28.8 Å². The van der Waals surface area contributed by atoms with Crippen LogP contribution in [0.5, 0.6) is 0 Å². The Balaban J connectivity index is 2.77. The third-order valence-corrected chi connectivity index (χ3v) is 6.34. The van der Waals surface area contributed by atoms with Crippen molar-refractivity contribution >= 4 is 33.2 Å². The highest BCUT2D eigenvalue weighted by Gasteiger charge is 2.32. The Morgan fingerprint density at radius 1 is 1.23 bits per heavy atom. The van der Waals surface area contributed by atoms with Crippen LogP contribution in [0.3, 0.4) is 0 Å². The Labute approximate surface area is 182 Å². The molecule has 0 saturated carbocycles. The van der Waals surface area contributed by atoms with Gasteiger partial charge in [0.05, 0.1) is 22.5 Å². The molecule has 0 spiro atoms. The third-order valence-electron chi connectivity index (χ3n) is 4.84. The van der Waals surface area contributed by atoms with Crippen LogP contribution in [0, 0.1) is 5.92 Å². The lowest BCUT2D eigenvalue weighted by Crippen LogP contribution is -2.33. The normalized spacial score (nSPS) is 13.2. The summed E-state index contributed by atoms with van der Waals surface area (Å²) in [6, 6.07) is 2.53. The van der Waals surface area contributed by atoms with Crippen molar-refractivity contribution in [2.75, 3.05) is 23.7 Å². The highest BCUT2D eigenvalue weighted by Crippen LogP contribution is 2.36. The van der Waals surface area contributed by atoms with Crippen LogP contribution in [0.25, 0.3) is 0 Å². The molecule has 1 amide bonds. The van der Waals surface area contributed by atoms with E-state index in [1.54, 1.807) is 0 Å². The largest absolute Gasteiger partial charge is 0.416 e. The summed E-state index contributed by atoms with van der Waals surface area (Å²) in [7, 11) is -3.89. The molecule has 5 nitrogen and oxygen atoms in total. The first-order valence-electron chi connectivity index (χ1n) is 10.0. The van der Waals surface area contributed by atoms with Crippen LogP contribution < -0.4 is 9.62 Å². The first kappa shape index (κ1) is 26.6. The number of halogens is 4. The molecule has 0 radical (unpaired) electrons. The molecule has 0 heterocycles. The molecular weight excluding hydrogens is 441 g/mol. The lowest BCUT2D eigenvalue weighted by molar-refractivity contribution is -0.137. The molecule has 1 rings (SSSR count). The van der Waals surface area contributed by atoms with Crippen LogP contribution in [0.1, 0.15) is 57.9 Å². The van der Waals surface area contributed by atoms with Gasteiger partial charge in [-0.05, 0) is 37.0 Å². The molecule has 1 aromatic rings. The number of benzene rings is 1. The van der Waals surface area contributed by atoms with Gasteiger partial charge < -0.3 is 5.32 Å². The van der Waals surface area contributed by atoms with Gasteiger partial charge in [-0.3, -0.25) is 9.10 Å². The van der Waals surface area contributed by atoms with E-state index in [1.807, 2.05) is 0 Å². The van der Waals surface area contributed by atoms with E-state index >= 15 is 0 Å². The Morgan fingerprint density at radius 3 is 2.43 bits per heavy atom. The first-order valence-corrected chi connectivity index (χ1v) is 12.2. The number of rotatable bonds is 12. The van der Waals surface area contributed by atoms with Crippen molar-refractivity contribution in [2.45, 2.75) is 58.5 Å². The van der Waals surface area contributed by atoms with Gasteiger partial charge in [-0.1, -0.05) is 44.7 Å². The van der Waals surface area contributed by atoms with E-state index in [9.17, 15) is 26.4 Å². The maximum atomic E-state index is 13.0. The minimum Gasteiger partial charge on any atom is -0.356 e. The van der Waals surface area contributed by atoms with Crippen molar-refractivity contribution < 1.29 is 26.4 Å². The highest BCUT2D eigenvalue weighted by molar-refractivity contribution is 7.92. The van der Waals surface area contributed by atoms with Crippen LogP contribution in [-0.2, 0) is 21.0 Å². The zero-order valence-electron chi connectivity index (χ0n) is 17.6. The smallest absolute Gasteiger partial charge is 0.356 e. The van der Waals surface area contributed by atoms with E-state index < -0.39 is 21.8 Å². The fourth-order valence-electron chi connectivity index (χ4n) is 3.02. The first-order chi connectivity index (χ1) is 13.9. The number of carbonyl (C=O) groups is 1. The fourth-order valence-corrected chi connectivity index (χ4v) is 4.26. The topological polar surface area (TPSA) is 66.5 Å². The highest BCUT2D eigenvalue weighted by atomic mass is 35.5. The summed E-state index contributed by atoms with van der Waals surface area (Å²) in [6.45, 7) is 4.58. The van der Waals surface area contributed by atoms with Gasteiger partial charge in [-0.15, -0.1) is 0 Å². The zero-order chi connectivity index (χ0) is 22.9. The van der Waals surface area contributed by atoms with Crippen LogP contribution in [-0.4, -0.2) is 33.7 Å². The summed E-state index contributed by atoms with van der Waals surface area (Å²) in [5.41, 5.74) is -1.24. The molecule has 0 aliphatic heterocycles. The predicted octanol–water partition coefficient (Wildman–Crippen LogP) is 5.24. The minimum absolute atomic E-state index is 0.0623. The number of amides is 1. The zero-order valence-corrected chi connectivity index (χ0v) is 19.1. The van der Waals surface area contributed by atoms with Crippen LogP contribution >= 0.6 is 11.6 Å². The van der Waals surface area contributed by atoms with E-state index in [0.29, 0.717) is 18.5 Å². The second kappa shape index (κ2) is 11.8. The molecule has 172 valence electrons.